The number of aromatic nitrogens is 2. The first-order valence-electron chi connectivity index (χ1n) is 4.67. The summed E-state index contributed by atoms with van der Waals surface area (Å²) in [6, 6.07) is 0.00305. The predicted molar refractivity (Wildman–Crippen MR) is 62.4 cm³/mol. The molecule has 0 saturated heterocycles. The van der Waals surface area contributed by atoms with Gasteiger partial charge < -0.3 is 15.2 Å². The zero-order valence-electron chi connectivity index (χ0n) is 9.18. The highest BCUT2D eigenvalue weighted by Crippen LogP contribution is 2.15. The summed E-state index contributed by atoms with van der Waals surface area (Å²) in [6.45, 7) is -0.609. The second kappa shape index (κ2) is 6.48. The molecule has 1 amide bonds. The Morgan fingerprint density at radius 2 is 2.17 bits per heavy atom. The van der Waals surface area contributed by atoms with Gasteiger partial charge in [-0.15, -0.1) is 10.2 Å². The second-order valence-electron chi connectivity index (χ2n) is 3.10. The van der Waals surface area contributed by atoms with Crippen molar-refractivity contribution in [1.29, 1.82) is 0 Å². The fraction of sp³-hybridized carbons (Fsp3) is 0.333. The number of nitrogens with zero attached hydrogens (tertiary/aromatic N) is 2. The number of carbonyl (C=O) groups excluding carboxylic acids is 2. The Morgan fingerprint density at radius 3 is 2.72 bits per heavy atom. The summed E-state index contributed by atoms with van der Waals surface area (Å²) in [5, 5.41) is 17.9. The number of amides is 1. The third-order valence-corrected chi connectivity index (χ3v) is 2.40. The van der Waals surface area contributed by atoms with Crippen molar-refractivity contribution in [2.24, 2.45) is 0 Å². The van der Waals surface area contributed by atoms with E-state index in [4.69, 9.17) is 28.3 Å². The number of hydrogen-bond donors (Lipinski definition) is 2. The van der Waals surface area contributed by atoms with Crippen molar-refractivity contribution >= 4 is 35.1 Å². The molecule has 1 unspecified atom stereocenters. The lowest BCUT2D eigenvalue weighted by Crippen LogP contribution is -2.44. The third-order valence-electron chi connectivity index (χ3n) is 1.94. The Morgan fingerprint density at radius 1 is 1.50 bits per heavy atom. The Bertz CT molecular complexity index is 469. The first-order valence-corrected chi connectivity index (χ1v) is 5.43. The van der Waals surface area contributed by atoms with Crippen LogP contribution in [0.2, 0.25) is 10.3 Å². The number of ether oxygens (including phenoxy) is 1. The van der Waals surface area contributed by atoms with Gasteiger partial charge in [-0.25, -0.2) is 4.79 Å². The smallest absolute Gasteiger partial charge is 0.330 e. The van der Waals surface area contributed by atoms with Gasteiger partial charge in [0.05, 0.1) is 19.3 Å². The Hall–Kier alpha value is -1.44. The van der Waals surface area contributed by atoms with Crippen LogP contribution >= 0.6 is 23.2 Å². The lowest BCUT2D eigenvalue weighted by molar-refractivity contribution is -0.143. The van der Waals surface area contributed by atoms with E-state index in [2.05, 4.69) is 20.3 Å². The van der Waals surface area contributed by atoms with E-state index in [1.807, 2.05) is 0 Å². The first-order chi connectivity index (χ1) is 8.49. The average Bonchev–Trinajstić information content (AvgIpc) is 2.37. The Labute approximate surface area is 112 Å². The standard InChI is InChI=1S/C9H9Cl2N3O4/c1-18-9(17)5(3-15)12-8(16)4-2-6(10)13-14-7(4)11/h2,5,15H,3H2,1H3,(H,12,16). The number of halogens is 2. The van der Waals surface area contributed by atoms with E-state index in [1.165, 1.54) is 6.07 Å². The summed E-state index contributed by atoms with van der Waals surface area (Å²) in [7, 11) is 1.13. The van der Waals surface area contributed by atoms with Crippen molar-refractivity contribution < 1.29 is 19.4 Å². The maximum absolute atomic E-state index is 11.8. The quantitative estimate of drug-likeness (QED) is 0.761. The molecule has 0 radical (unpaired) electrons. The average molecular weight is 294 g/mol. The van der Waals surface area contributed by atoms with Crippen LogP contribution in [-0.2, 0) is 9.53 Å². The van der Waals surface area contributed by atoms with Crippen LogP contribution in [0, 0.1) is 0 Å². The van der Waals surface area contributed by atoms with E-state index in [1.54, 1.807) is 0 Å². The van der Waals surface area contributed by atoms with Gasteiger partial charge in [-0.3, -0.25) is 4.79 Å². The molecule has 18 heavy (non-hydrogen) atoms. The fourth-order valence-electron chi connectivity index (χ4n) is 1.07. The molecule has 0 fully saturated rings. The minimum absolute atomic E-state index is 0.0248. The number of aliphatic hydroxyl groups excluding tert-OH is 1. The van der Waals surface area contributed by atoms with Gasteiger partial charge in [0.1, 0.15) is 0 Å². The number of rotatable bonds is 4. The lowest BCUT2D eigenvalue weighted by Gasteiger charge is -2.13. The topological polar surface area (TPSA) is 101 Å². The van der Waals surface area contributed by atoms with Crippen molar-refractivity contribution in [3.8, 4) is 0 Å². The van der Waals surface area contributed by atoms with E-state index in [9.17, 15) is 9.59 Å². The molecule has 1 rings (SSSR count). The molecule has 0 aliphatic heterocycles. The van der Waals surface area contributed by atoms with Gasteiger partial charge in [0.15, 0.2) is 16.3 Å². The Kier molecular flexibility index (Phi) is 5.26. The summed E-state index contributed by atoms with van der Waals surface area (Å²) < 4.78 is 4.39. The molecule has 0 saturated carbocycles. The monoisotopic (exact) mass is 293 g/mol. The highest BCUT2D eigenvalue weighted by molar-refractivity contribution is 6.34. The van der Waals surface area contributed by atoms with Crippen LogP contribution in [0.4, 0.5) is 0 Å². The van der Waals surface area contributed by atoms with E-state index >= 15 is 0 Å². The van der Waals surface area contributed by atoms with Crippen LogP contribution in [0.5, 0.6) is 0 Å². The minimum Gasteiger partial charge on any atom is -0.467 e. The molecule has 9 heteroatoms. The van der Waals surface area contributed by atoms with Crippen molar-refractivity contribution in [1.82, 2.24) is 15.5 Å². The SMILES string of the molecule is COC(=O)C(CO)NC(=O)c1cc(Cl)nnc1Cl. The summed E-state index contributed by atoms with van der Waals surface area (Å²) >= 11 is 11.2. The molecule has 7 nitrogen and oxygen atoms in total. The van der Waals surface area contributed by atoms with Gasteiger partial charge in [-0.05, 0) is 6.07 Å². The first kappa shape index (κ1) is 14.6. The van der Waals surface area contributed by atoms with Crippen molar-refractivity contribution in [2.75, 3.05) is 13.7 Å². The molecule has 1 aromatic rings. The van der Waals surface area contributed by atoms with Crippen LogP contribution in [0.3, 0.4) is 0 Å². The maximum Gasteiger partial charge on any atom is 0.330 e. The molecule has 1 aromatic heterocycles. The van der Waals surface area contributed by atoms with E-state index in [0.29, 0.717) is 0 Å². The van der Waals surface area contributed by atoms with E-state index in [-0.39, 0.29) is 15.9 Å². The molecular weight excluding hydrogens is 285 g/mol. The molecule has 98 valence electrons. The molecule has 1 heterocycles. The van der Waals surface area contributed by atoms with Gasteiger partial charge >= 0.3 is 5.97 Å². The predicted octanol–water partition coefficient (Wildman–Crippen LogP) is 0.0471. The van der Waals surface area contributed by atoms with Crippen molar-refractivity contribution in [3.63, 3.8) is 0 Å². The van der Waals surface area contributed by atoms with Gasteiger partial charge in [0.25, 0.3) is 5.91 Å². The summed E-state index contributed by atoms with van der Waals surface area (Å²) in [5.74, 6) is -1.50. The van der Waals surface area contributed by atoms with Gasteiger partial charge in [-0.2, -0.15) is 0 Å². The van der Waals surface area contributed by atoms with Crippen LogP contribution in [0.15, 0.2) is 6.07 Å². The van der Waals surface area contributed by atoms with Gasteiger partial charge in [-0.1, -0.05) is 23.2 Å². The summed E-state index contributed by atoms with van der Waals surface area (Å²) in [6.07, 6.45) is 0. The maximum atomic E-state index is 11.8. The van der Waals surface area contributed by atoms with Crippen LogP contribution < -0.4 is 5.32 Å². The number of nitrogens with one attached hydrogen (secondary N) is 1. The van der Waals surface area contributed by atoms with E-state index in [0.717, 1.165) is 7.11 Å². The normalized spacial score (nSPS) is 11.8. The van der Waals surface area contributed by atoms with Crippen LogP contribution in [0.1, 0.15) is 10.4 Å². The number of methoxy groups -OCH3 is 1. The summed E-state index contributed by atoms with van der Waals surface area (Å²) in [5.41, 5.74) is -0.0565. The fourth-order valence-corrected chi connectivity index (χ4v) is 1.39. The van der Waals surface area contributed by atoms with Crippen LogP contribution in [0.25, 0.3) is 0 Å². The van der Waals surface area contributed by atoms with Gasteiger partial charge in [0, 0.05) is 0 Å². The molecule has 0 aliphatic carbocycles. The second-order valence-corrected chi connectivity index (χ2v) is 3.85. The molecule has 0 aromatic carbocycles. The number of esters is 1. The highest BCUT2D eigenvalue weighted by atomic mass is 35.5. The molecule has 2 N–H and O–H groups in total. The number of hydrogen-bond acceptors (Lipinski definition) is 6. The molecule has 0 aliphatic rings. The van der Waals surface area contributed by atoms with Crippen molar-refractivity contribution in [2.45, 2.75) is 6.04 Å². The van der Waals surface area contributed by atoms with E-state index < -0.39 is 24.5 Å². The Balaban J connectivity index is 2.87. The lowest BCUT2D eigenvalue weighted by atomic mass is 10.2. The zero-order chi connectivity index (χ0) is 13.7. The molecule has 1 atom stereocenters. The third kappa shape index (κ3) is 3.52. The minimum atomic E-state index is -1.19. The number of aliphatic hydroxyl groups is 1. The summed E-state index contributed by atoms with van der Waals surface area (Å²) in [4.78, 5) is 22.9. The zero-order valence-corrected chi connectivity index (χ0v) is 10.7. The molecule has 0 spiro atoms. The number of carbonyl (C=O) groups is 2. The molecule has 0 bridgehead atoms. The molecular formula is C9H9Cl2N3O4. The largest absolute Gasteiger partial charge is 0.467 e. The van der Waals surface area contributed by atoms with Crippen LogP contribution in [-0.4, -0.2) is 46.9 Å². The van der Waals surface area contributed by atoms with Gasteiger partial charge in [0.2, 0.25) is 0 Å². The van der Waals surface area contributed by atoms with Crippen molar-refractivity contribution in [3.05, 3.63) is 21.9 Å². The highest BCUT2D eigenvalue weighted by Gasteiger charge is 2.23.